The van der Waals surface area contributed by atoms with Crippen LogP contribution in [0.15, 0.2) is 34.9 Å². The zero-order valence-electron chi connectivity index (χ0n) is 56.8. The predicted molar refractivity (Wildman–Crippen MR) is 329 cm³/mol. The predicted octanol–water partition coefficient (Wildman–Crippen LogP) is 10.3. The maximum absolute atomic E-state index is 14.4. The summed E-state index contributed by atoms with van der Waals surface area (Å²) >= 11 is 0. The molecule has 9 aliphatic rings. The molecule has 0 aromatic rings. The first kappa shape index (κ1) is 71.4. The van der Waals surface area contributed by atoms with Crippen LogP contribution in [-0.4, -0.2) is 104 Å². The molecule has 0 aromatic carbocycles. The second-order valence-corrected chi connectivity index (χ2v) is 31.5. The summed E-state index contributed by atoms with van der Waals surface area (Å²) in [6.07, 6.45) is 20.4. The van der Waals surface area contributed by atoms with Crippen LogP contribution in [0, 0.1) is 80.8 Å². The van der Waals surface area contributed by atoms with Gasteiger partial charge in [0.1, 0.15) is 11.9 Å². The van der Waals surface area contributed by atoms with Crippen molar-refractivity contribution in [1.82, 2.24) is 0 Å². The second-order valence-electron chi connectivity index (χ2n) is 31.5. The maximum Gasteiger partial charge on any atom is 1.00 e. The van der Waals surface area contributed by atoms with Crippen LogP contribution < -0.4 is 34.7 Å². The number of rotatable bonds is 16. The van der Waals surface area contributed by atoms with Gasteiger partial charge < -0.3 is 54.0 Å². The first-order valence-corrected chi connectivity index (χ1v) is 34.1. The topological polar surface area (TPSA) is 184 Å². The van der Waals surface area contributed by atoms with Crippen LogP contribution in [0.3, 0.4) is 0 Å². The Bertz CT molecular complexity index is 2420. The van der Waals surface area contributed by atoms with Crippen molar-refractivity contribution in [3.8, 4) is 0 Å². The van der Waals surface area contributed by atoms with E-state index in [1.807, 2.05) is 52.7 Å². The van der Waals surface area contributed by atoms with Crippen LogP contribution in [0.4, 0.5) is 0 Å². The Morgan fingerprint density at radius 2 is 1.46 bits per heavy atom. The van der Waals surface area contributed by atoms with Crippen molar-refractivity contribution in [2.24, 2.45) is 80.8 Å². The largest absolute Gasteiger partial charge is 1.00 e. The molecule has 2 spiro atoms. The van der Waals surface area contributed by atoms with Gasteiger partial charge in [-0.25, -0.2) is 0 Å². The number of carbonyl (C=O) groups is 2. The van der Waals surface area contributed by atoms with Crippen molar-refractivity contribution in [2.75, 3.05) is 0 Å². The molecule has 85 heavy (non-hydrogen) atoms. The van der Waals surface area contributed by atoms with E-state index in [1.54, 1.807) is 19.1 Å². The molecule has 5 heterocycles. The number of aliphatic hydroxyl groups excluding tert-OH is 3. The van der Waals surface area contributed by atoms with E-state index >= 15 is 0 Å². The monoisotopic (exact) mass is 1200 g/mol. The number of aliphatic hydroxyl groups is 4. The van der Waals surface area contributed by atoms with Gasteiger partial charge >= 0.3 is 29.6 Å². The molecule has 25 atom stereocenters. The van der Waals surface area contributed by atoms with Crippen LogP contribution in [0.1, 0.15) is 253 Å². The molecule has 25 unspecified atom stereocenters. The summed E-state index contributed by atoms with van der Waals surface area (Å²) in [7, 11) is 0. The number of carbonyl (C=O) groups excluding carboxylic acids is 2. The van der Waals surface area contributed by atoms with E-state index in [4.69, 9.17) is 23.7 Å². The van der Waals surface area contributed by atoms with E-state index < -0.39 is 82.9 Å². The third-order valence-electron chi connectivity index (χ3n) is 26.1. The number of aliphatic carboxylic acids is 1. The van der Waals surface area contributed by atoms with E-state index in [1.165, 1.54) is 63.4 Å². The van der Waals surface area contributed by atoms with Crippen LogP contribution in [0.25, 0.3) is 0 Å². The van der Waals surface area contributed by atoms with Gasteiger partial charge in [0.15, 0.2) is 5.79 Å². The van der Waals surface area contributed by atoms with E-state index in [-0.39, 0.29) is 76.8 Å². The number of carboxylic acids is 1. The molecule has 5 aliphatic heterocycles. The Labute approximate surface area is 537 Å². The minimum absolute atomic E-state index is 0. The molecule has 0 radical (unpaired) electrons. The molecule has 12 nitrogen and oxygen atoms in total. The Morgan fingerprint density at radius 3 is 2.08 bits per heavy atom. The zero-order valence-corrected chi connectivity index (χ0v) is 58.8. The first-order valence-electron chi connectivity index (χ1n) is 34.1. The van der Waals surface area contributed by atoms with Crippen LogP contribution in [0.2, 0.25) is 0 Å². The molecule has 13 heteroatoms. The van der Waals surface area contributed by atoms with Gasteiger partial charge in [0, 0.05) is 42.0 Å². The minimum atomic E-state index is -1.37. The third-order valence-corrected chi connectivity index (χ3v) is 26.1. The van der Waals surface area contributed by atoms with Crippen LogP contribution in [-0.2, 0) is 33.3 Å². The molecule has 2 saturated carbocycles. The van der Waals surface area contributed by atoms with Crippen molar-refractivity contribution in [2.45, 2.75) is 325 Å². The second kappa shape index (κ2) is 26.9. The molecule has 0 aromatic heterocycles. The number of Topliss-reactive ketones (excluding diaryl/α,β-unsaturated/α-hetero) is 1. The number of hydrogen-bond acceptors (Lipinski definition) is 12. The van der Waals surface area contributed by atoms with E-state index in [2.05, 4.69) is 82.2 Å². The van der Waals surface area contributed by atoms with E-state index in [0.29, 0.717) is 80.0 Å². The summed E-state index contributed by atoms with van der Waals surface area (Å²) in [6, 6.07) is 0. The molecule has 0 bridgehead atoms. The van der Waals surface area contributed by atoms with Gasteiger partial charge in [-0.1, -0.05) is 120 Å². The summed E-state index contributed by atoms with van der Waals surface area (Å²) in [5.41, 5.74) is 4.77. The van der Waals surface area contributed by atoms with Gasteiger partial charge in [-0.15, -0.1) is 0 Å². The number of carboxylic acid groups (broad SMARTS) is 1. The van der Waals surface area contributed by atoms with Gasteiger partial charge in [-0.2, -0.15) is 0 Å². The van der Waals surface area contributed by atoms with Crippen LogP contribution >= 0.6 is 0 Å². The quantitative estimate of drug-likeness (QED) is 0.0849. The number of hydrogen-bond donors (Lipinski definition) is 4. The van der Waals surface area contributed by atoms with Gasteiger partial charge in [0.25, 0.3) is 0 Å². The molecule has 6 fully saturated rings. The molecular formula is C72H119NaO12. The molecule has 9 rings (SSSR count). The zero-order chi connectivity index (χ0) is 62.1. The van der Waals surface area contributed by atoms with Gasteiger partial charge in [-0.3, -0.25) is 4.79 Å². The average Bonchev–Trinajstić information content (AvgIpc) is 2.76. The van der Waals surface area contributed by atoms with Crippen molar-refractivity contribution in [1.29, 1.82) is 0 Å². The Hall–Kier alpha value is -1.00. The summed E-state index contributed by atoms with van der Waals surface area (Å²) in [5, 5.41) is 56.8. The smallest absolute Gasteiger partial charge is 0.550 e. The fraction of sp³-hybridized carbons (Fsp3) is 0.889. The Kier molecular flexibility index (Phi) is 22.6. The maximum atomic E-state index is 14.4. The van der Waals surface area contributed by atoms with E-state index in [9.17, 15) is 35.1 Å². The number of fused-ring (bicyclic) bond motifs is 4. The number of ketones is 1. The molecular weight excluding hydrogens is 1080 g/mol. The summed E-state index contributed by atoms with van der Waals surface area (Å²) in [5.74, 6) is -3.91. The van der Waals surface area contributed by atoms with Crippen molar-refractivity contribution < 1.29 is 88.4 Å². The summed E-state index contributed by atoms with van der Waals surface area (Å²) in [4.78, 5) is 26.2. The van der Waals surface area contributed by atoms with Gasteiger partial charge in [0.05, 0.1) is 53.9 Å². The Morgan fingerprint density at radius 1 is 0.776 bits per heavy atom. The number of ether oxygens (including phenoxy) is 5. The minimum Gasteiger partial charge on any atom is -0.550 e. The molecule has 480 valence electrons. The van der Waals surface area contributed by atoms with Crippen molar-refractivity contribution in [3.63, 3.8) is 0 Å². The van der Waals surface area contributed by atoms with Crippen LogP contribution in [0.5, 0.6) is 0 Å². The first-order chi connectivity index (χ1) is 39.2. The number of allylic oxidation sites excluding steroid dienone is 4. The summed E-state index contributed by atoms with van der Waals surface area (Å²) in [6.45, 7) is 39.1. The molecule has 4 aliphatic carbocycles. The van der Waals surface area contributed by atoms with Crippen molar-refractivity contribution in [3.05, 3.63) is 34.9 Å². The van der Waals surface area contributed by atoms with Gasteiger partial charge in [-0.05, 0) is 213 Å². The molecule has 4 saturated heterocycles. The van der Waals surface area contributed by atoms with E-state index in [0.717, 1.165) is 24.7 Å². The fourth-order valence-corrected chi connectivity index (χ4v) is 19.9. The standard InChI is InChI=1S/C42H70O11.C30H50O.Na/c1-11-29(38(46)47)31-15-14-23(4)36(50-31)27(8)34(44)26(7)35(45)30(12-2)37-24(5)22-25(6)41(51-37)19-16-32(43)42(53-41)21-20-39(10,52-42)33-17-18-40(48,13-3)28(9)49-33;1-20(2)10-9-11-21(3)22-14-18-30(8)24-12-13-25-27(4,5)26(31)16-17-28(25,6)23(24)15-19-29(22,30)7;/h16,19,23-34,36-37,43-44,48H,11-15,17-18,20-22H2,1-10H3,(H,46,47);10,21-22,25-26,31H,9,11-19H2,1-8H3;/q;;+1/p-1. The van der Waals surface area contributed by atoms with Gasteiger partial charge in [0.2, 0.25) is 5.79 Å². The molecule has 0 amide bonds. The van der Waals surface area contributed by atoms with Crippen molar-refractivity contribution >= 4 is 11.8 Å². The SMILES string of the molecule is CC(C)=CCCC(C)C1CCC2(C)C3=C(CCC12C)C1(C)CCC(O)C(C)(C)C1CC3.CCC(C(=O)[O-])C1CCC(C)C(C(C)C(O)C(C)C(=O)C(CC)C2OC3(C=CC(O)C4(CCC(C)(C5CCC(O)(CC)C(C)O5)O4)O3)C(C)CC2C)O1.[Na+]. The Balaban J connectivity index is 0.000000274. The fourth-order valence-electron chi connectivity index (χ4n) is 19.9. The summed E-state index contributed by atoms with van der Waals surface area (Å²) < 4.78 is 33.4. The third kappa shape index (κ3) is 13.0. The average molecular weight is 1200 g/mol. The normalized spacial score (nSPS) is 45.2. The molecule has 4 N–H and O–H groups in total.